The maximum absolute atomic E-state index is 12.0. The minimum Gasteiger partial charge on any atom is -0.465 e. The predicted octanol–water partition coefficient (Wildman–Crippen LogP) is 2.83. The Bertz CT molecular complexity index is 491. The first kappa shape index (κ1) is 15.8. The molecule has 1 aromatic rings. The Labute approximate surface area is 113 Å². The number of ether oxygens (including phenoxy) is 2. The van der Waals surface area contributed by atoms with Gasteiger partial charge in [-0.05, 0) is 31.0 Å². The van der Waals surface area contributed by atoms with E-state index in [1.54, 1.807) is 13.0 Å². The Kier molecular flexibility index (Phi) is 5.38. The highest BCUT2D eigenvalue weighted by Crippen LogP contribution is 2.23. The molecule has 0 fully saturated rings. The molecule has 0 heterocycles. The van der Waals surface area contributed by atoms with Crippen molar-refractivity contribution >= 4 is 5.97 Å². The van der Waals surface area contributed by atoms with E-state index in [1.807, 2.05) is 0 Å². The molecule has 0 aliphatic rings. The van der Waals surface area contributed by atoms with Crippen molar-refractivity contribution in [2.45, 2.75) is 19.7 Å². The summed E-state index contributed by atoms with van der Waals surface area (Å²) in [7, 11) is 0. The second-order valence-electron chi connectivity index (χ2n) is 3.83. The van der Waals surface area contributed by atoms with Gasteiger partial charge in [0.05, 0.1) is 12.7 Å². The van der Waals surface area contributed by atoms with Crippen LogP contribution in [0.3, 0.4) is 0 Å². The highest BCUT2D eigenvalue weighted by Gasteiger charge is 2.31. The van der Waals surface area contributed by atoms with Crippen LogP contribution >= 0.6 is 0 Å². The lowest BCUT2D eigenvalue weighted by atomic mass is 10.0. The number of carbonyl (C=O) groups is 1. The zero-order valence-corrected chi connectivity index (χ0v) is 10.6. The van der Waals surface area contributed by atoms with Crippen LogP contribution in [-0.4, -0.2) is 18.9 Å². The number of carbonyl (C=O) groups excluding carboxylic acids is 1. The van der Waals surface area contributed by atoms with Crippen molar-refractivity contribution < 1.29 is 27.4 Å². The van der Waals surface area contributed by atoms with Crippen molar-refractivity contribution in [1.29, 1.82) is 5.26 Å². The quantitative estimate of drug-likeness (QED) is 0.781. The summed E-state index contributed by atoms with van der Waals surface area (Å²) < 4.78 is 44.4. The minimum atomic E-state index is -4.75. The van der Waals surface area contributed by atoms with Gasteiger partial charge in [0.2, 0.25) is 0 Å². The Morgan fingerprint density at radius 1 is 1.35 bits per heavy atom. The summed E-state index contributed by atoms with van der Waals surface area (Å²) in [5.41, 5.74) is 0.541. The molecule has 0 radical (unpaired) electrons. The van der Waals surface area contributed by atoms with Crippen LogP contribution in [0.5, 0.6) is 5.75 Å². The summed E-state index contributed by atoms with van der Waals surface area (Å²) in [5.74, 6) is -1.99. The summed E-state index contributed by atoms with van der Waals surface area (Å²) >= 11 is 0. The van der Waals surface area contributed by atoms with Crippen molar-refractivity contribution in [3.05, 3.63) is 29.8 Å². The molecule has 20 heavy (non-hydrogen) atoms. The van der Waals surface area contributed by atoms with E-state index in [0.29, 0.717) is 5.56 Å². The molecule has 1 unspecified atom stereocenters. The molecular weight excluding hydrogens is 275 g/mol. The molecule has 0 aliphatic carbocycles. The van der Waals surface area contributed by atoms with Crippen LogP contribution in [0.25, 0.3) is 0 Å². The summed E-state index contributed by atoms with van der Waals surface area (Å²) in [4.78, 5) is 11.4. The highest BCUT2D eigenvalue weighted by atomic mass is 19.4. The van der Waals surface area contributed by atoms with E-state index in [4.69, 9.17) is 10.00 Å². The second-order valence-corrected chi connectivity index (χ2v) is 3.83. The molecule has 0 saturated heterocycles. The third-order valence-corrected chi connectivity index (χ3v) is 2.32. The van der Waals surface area contributed by atoms with E-state index < -0.39 is 18.2 Å². The molecule has 0 bridgehead atoms. The van der Waals surface area contributed by atoms with Crippen molar-refractivity contribution in [3.63, 3.8) is 0 Å². The van der Waals surface area contributed by atoms with Crippen LogP contribution in [0.15, 0.2) is 24.3 Å². The normalized spacial score (nSPS) is 12.3. The van der Waals surface area contributed by atoms with Crippen molar-refractivity contribution in [3.8, 4) is 11.8 Å². The van der Waals surface area contributed by atoms with Gasteiger partial charge in [0, 0.05) is 0 Å². The van der Waals surface area contributed by atoms with Crippen LogP contribution in [0.1, 0.15) is 12.5 Å². The van der Waals surface area contributed by atoms with Gasteiger partial charge < -0.3 is 9.47 Å². The van der Waals surface area contributed by atoms with Crippen LogP contribution in [-0.2, 0) is 16.0 Å². The lowest BCUT2D eigenvalue weighted by Gasteiger charge is -2.10. The Hall–Kier alpha value is -2.23. The molecule has 0 amide bonds. The number of hydrogen-bond acceptors (Lipinski definition) is 4. The van der Waals surface area contributed by atoms with E-state index in [9.17, 15) is 18.0 Å². The molecule has 0 spiro atoms. The van der Waals surface area contributed by atoms with E-state index in [-0.39, 0.29) is 18.8 Å². The SMILES string of the molecule is CCOC(=O)C(C#N)Cc1ccc(OC(F)(F)F)cc1. The Morgan fingerprint density at radius 3 is 2.40 bits per heavy atom. The van der Waals surface area contributed by atoms with Gasteiger partial charge in [0.1, 0.15) is 11.7 Å². The van der Waals surface area contributed by atoms with Gasteiger partial charge in [-0.15, -0.1) is 13.2 Å². The van der Waals surface area contributed by atoms with E-state index in [2.05, 4.69) is 4.74 Å². The fourth-order valence-electron chi connectivity index (χ4n) is 1.49. The highest BCUT2D eigenvalue weighted by molar-refractivity contribution is 5.75. The number of rotatable bonds is 5. The molecule has 1 atom stereocenters. The third-order valence-electron chi connectivity index (χ3n) is 2.32. The van der Waals surface area contributed by atoms with Gasteiger partial charge in [-0.2, -0.15) is 5.26 Å². The standard InChI is InChI=1S/C13H12F3NO3/c1-2-19-12(18)10(8-17)7-9-3-5-11(6-4-9)20-13(14,15)16/h3-6,10H,2,7H2,1H3. The molecular formula is C13H12F3NO3. The zero-order valence-electron chi connectivity index (χ0n) is 10.6. The smallest absolute Gasteiger partial charge is 0.465 e. The zero-order chi connectivity index (χ0) is 15.2. The summed E-state index contributed by atoms with van der Waals surface area (Å²) in [6.07, 6.45) is -4.68. The number of nitrogens with zero attached hydrogens (tertiary/aromatic N) is 1. The topological polar surface area (TPSA) is 59.3 Å². The third kappa shape index (κ3) is 5.18. The number of nitriles is 1. The van der Waals surface area contributed by atoms with Gasteiger partial charge >= 0.3 is 12.3 Å². The molecule has 1 aromatic carbocycles. The van der Waals surface area contributed by atoms with E-state index in [0.717, 1.165) is 12.1 Å². The molecule has 7 heteroatoms. The first-order valence-corrected chi connectivity index (χ1v) is 5.76. The summed E-state index contributed by atoms with van der Waals surface area (Å²) in [5, 5.41) is 8.87. The molecule has 0 aromatic heterocycles. The van der Waals surface area contributed by atoms with Gasteiger partial charge in [-0.1, -0.05) is 12.1 Å². The van der Waals surface area contributed by atoms with E-state index >= 15 is 0 Å². The van der Waals surface area contributed by atoms with Gasteiger partial charge in [0.15, 0.2) is 0 Å². The number of esters is 1. The fraction of sp³-hybridized carbons (Fsp3) is 0.385. The van der Waals surface area contributed by atoms with Crippen LogP contribution in [0.4, 0.5) is 13.2 Å². The molecule has 1 rings (SSSR count). The number of hydrogen-bond donors (Lipinski definition) is 0. The maximum Gasteiger partial charge on any atom is 0.573 e. The van der Waals surface area contributed by atoms with Gasteiger partial charge in [0.25, 0.3) is 0 Å². The van der Waals surface area contributed by atoms with Gasteiger partial charge in [-0.3, -0.25) is 4.79 Å². The Balaban J connectivity index is 2.69. The van der Waals surface area contributed by atoms with Crippen LogP contribution in [0, 0.1) is 17.2 Å². The first-order chi connectivity index (χ1) is 9.35. The van der Waals surface area contributed by atoms with Crippen molar-refractivity contribution in [2.75, 3.05) is 6.61 Å². The predicted molar refractivity (Wildman–Crippen MR) is 62.6 cm³/mol. The van der Waals surface area contributed by atoms with Crippen molar-refractivity contribution in [2.24, 2.45) is 5.92 Å². The number of benzene rings is 1. The summed E-state index contributed by atoms with van der Waals surface area (Å²) in [6, 6.07) is 6.79. The molecule has 0 aliphatic heterocycles. The van der Waals surface area contributed by atoms with Gasteiger partial charge in [-0.25, -0.2) is 0 Å². The molecule has 4 nitrogen and oxygen atoms in total. The number of halogens is 3. The lowest BCUT2D eigenvalue weighted by Crippen LogP contribution is -2.19. The first-order valence-electron chi connectivity index (χ1n) is 5.76. The number of alkyl halides is 3. The summed E-state index contributed by atoms with van der Waals surface area (Å²) in [6.45, 7) is 1.78. The molecule has 0 saturated carbocycles. The molecule has 108 valence electrons. The average Bonchev–Trinajstić information content (AvgIpc) is 2.36. The molecule has 0 N–H and O–H groups in total. The fourth-order valence-corrected chi connectivity index (χ4v) is 1.49. The van der Waals surface area contributed by atoms with Crippen LogP contribution in [0.2, 0.25) is 0 Å². The lowest BCUT2D eigenvalue weighted by molar-refractivity contribution is -0.274. The largest absolute Gasteiger partial charge is 0.573 e. The average molecular weight is 287 g/mol. The second kappa shape index (κ2) is 6.80. The van der Waals surface area contributed by atoms with E-state index in [1.165, 1.54) is 12.1 Å². The Morgan fingerprint density at radius 2 is 1.95 bits per heavy atom. The monoisotopic (exact) mass is 287 g/mol. The minimum absolute atomic E-state index is 0.0711. The van der Waals surface area contributed by atoms with Crippen LogP contribution < -0.4 is 4.74 Å². The van der Waals surface area contributed by atoms with Crippen molar-refractivity contribution in [1.82, 2.24) is 0 Å². The maximum atomic E-state index is 12.0.